The lowest BCUT2D eigenvalue weighted by atomic mass is 10.1. The second-order valence-corrected chi connectivity index (χ2v) is 4.80. The lowest BCUT2D eigenvalue weighted by Crippen LogP contribution is -2.47. The molecule has 6 heteroatoms. The Morgan fingerprint density at radius 2 is 2.21 bits per heavy atom. The predicted octanol–water partition coefficient (Wildman–Crippen LogP) is 2.01. The van der Waals surface area contributed by atoms with Crippen LogP contribution < -0.4 is 0 Å². The molecular formula is C13H17F3N2O. The first-order chi connectivity index (χ1) is 8.98. The smallest absolute Gasteiger partial charge is 0.382 e. The van der Waals surface area contributed by atoms with Crippen LogP contribution in [0.2, 0.25) is 0 Å². The quantitative estimate of drug-likeness (QED) is 0.912. The van der Waals surface area contributed by atoms with Gasteiger partial charge in [-0.1, -0.05) is 6.07 Å². The number of hydrogen-bond acceptors (Lipinski definition) is 3. The maximum absolute atomic E-state index is 12.5. The van der Waals surface area contributed by atoms with E-state index >= 15 is 0 Å². The Morgan fingerprint density at radius 1 is 1.42 bits per heavy atom. The summed E-state index contributed by atoms with van der Waals surface area (Å²) in [4.78, 5) is 5.86. The molecule has 1 aromatic heterocycles. The van der Waals surface area contributed by atoms with Gasteiger partial charge in [-0.25, -0.2) is 0 Å². The van der Waals surface area contributed by atoms with Gasteiger partial charge in [0.15, 0.2) is 6.10 Å². The monoisotopic (exact) mass is 274 g/mol. The van der Waals surface area contributed by atoms with Crippen molar-refractivity contribution in [3.8, 4) is 0 Å². The number of halogens is 3. The van der Waals surface area contributed by atoms with Gasteiger partial charge < -0.3 is 5.11 Å². The fraction of sp³-hybridized carbons (Fsp3) is 0.615. The van der Waals surface area contributed by atoms with E-state index in [1.165, 1.54) is 0 Å². The minimum absolute atomic E-state index is 0.392. The van der Waals surface area contributed by atoms with E-state index in [0.29, 0.717) is 32.4 Å². The summed E-state index contributed by atoms with van der Waals surface area (Å²) in [6, 6.07) is 4.69. The highest BCUT2D eigenvalue weighted by molar-refractivity contribution is 5.04. The fourth-order valence-corrected chi connectivity index (χ4v) is 2.51. The van der Waals surface area contributed by atoms with Crippen molar-refractivity contribution >= 4 is 0 Å². The molecule has 1 aliphatic rings. The summed E-state index contributed by atoms with van der Waals surface area (Å²) >= 11 is 0. The summed E-state index contributed by atoms with van der Waals surface area (Å²) in [6.45, 7) is 1.10. The zero-order valence-corrected chi connectivity index (χ0v) is 10.5. The Bertz CT molecular complexity index is 397. The van der Waals surface area contributed by atoms with E-state index in [1.54, 1.807) is 17.2 Å². The standard InChI is InChI=1S/C13H17F3N2O/c14-13(15,16)12(19)11-5-3-8-18(11)9-6-10-4-1-2-7-17-10/h1-2,4,7,11-12,19H,3,5-6,8-9H2/t11-,12-/m0/s1. The Morgan fingerprint density at radius 3 is 2.84 bits per heavy atom. The van der Waals surface area contributed by atoms with Gasteiger partial charge in [0.1, 0.15) is 0 Å². The summed E-state index contributed by atoms with van der Waals surface area (Å²) in [5.74, 6) is 0. The molecule has 1 N–H and O–H groups in total. The lowest BCUT2D eigenvalue weighted by Gasteiger charge is -2.29. The normalized spacial score (nSPS) is 22.6. The second kappa shape index (κ2) is 5.88. The van der Waals surface area contributed by atoms with Gasteiger partial charge in [0.2, 0.25) is 0 Å². The molecule has 0 unspecified atom stereocenters. The number of nitrogens with zero attached hydrogens (tertiary/aromatic N) is 2. The number of likely N-dealkylation sites (tertiary alicyclic amines) is 1. The topological polar surface area (TPSA) is 36.4 Å². The zero-order chi connectivity index (χ0) is 13.9. The molecule has 0 spiro atoms. The third-order valence-electron chi connectivity index (χ3n) is 3.50. The van der Waals surface area contributed by atoms with E-state index in [2.05, 4.69) is 4.98 Å². The zero-order valence-electron chi connectivity index (χ0n) is 10.5. The molecule has 0 aromatic carbocycles. The summed E-state index contributed by atoms with van der Waals surface area (Å²) < 4.78 is 37.6. The maximum atomic E-state index is 12.5. The van der Waals surface area contributed by atoms with Crippen LogP contribution in [0.1, 0.15) is 18.5 Å². The number of aromatic nitrogens is 1. The molecular weight excluding hydrogens is 257 g/mol. The van der Waals surface area contributed by atoms with E-state index in [-0.39, 0.29) is 0 Å². The Balaban J connectivity index is 1.92. The van der Waals surface area contributed by atoms with Crippen LogP contribution in [0.15, 0.2) is 24.4 Å². The average Bonchev–Trinajstić information content (AvgIpc) is 2.83. The van der Waals surface area contributed by atoms with Crippen molar-refractivity contribution in [2.75, 3.05) is 13.1 Å². The van der Waals surface area contributed by atoms with Crippen molar-refractivity contribution in [1.82, 2.24) is 9.88 Å². The lowest BCUT2D eigenvalue weighted by molar-refractivity contribution is -0.219. The van der Waals surface area contributed by atoms with Crippen molar-refractivity contribution < 1.29 is 18.3 Å². The van der Waals surface area contributed by atoms with E-state index in [0.717, 1.165) is 5.69 Å². The third-order valence-corrected chi connectivity index (χ3v) is 3.50. The Hall–Kier alpha value is -1.14. The van der Waals surface area contributed by atoms with E-state index in [4.69, 9.17) is 0 Å². The number of pyridine rings is 1. The predicted molar refractivity (Wildman–Crippen MR) is 64.6 cm³/mol. The molecule has 2 heterocycles. The minimum Gasteiger partial charge on any atom is -0.382 e. The average molecular weight is 274 g/mol. The first kappa shape index (κ1) is 14.3. The van der Waals surface area contributed by atoms with Crippen LogP contribution in [0.5, 0.6) is 0 Å². The molecule has 106 valence electrons. The number of alkyl halides is 3. The molecule has 1 aliphatic heterocycles. The summed E-state index contributed by atoms with van der Waals surface area (Å²) in [6.07, 6.45) is -3.44. The van der Waals surface area contributed by atoms with E-state index in [9.17, 15) is 18.3 Å². The molecule has 1 aromatic rings. The molecule has 0 radical (unpaired) electrons. The van der Waals surface area contributed by atoms with Gasteiger partial charge in [-0.05, 0) is 31.5 Å². The van der Waals surface area contributed by atoms with Gasteiger partial charge in [0, 0.05) is 30.9 Å². The van der Waals surface area contributed by atoms with Crippen LogP contribution in [-0.4, -0.2) is 46.4 Å². The number of aliphatic hydroxyl groups is 1. The maximum Gasteiger partial charge on any atom is 0.415 e. The highest BCUT2D eigenvalue weighted by Gasteiger charge is 2.46. The van der Waals surface area contributed by atoms with Crippen LogP contribution in [0, 0.1) is 0 Å². The van der Waals surface area contributed by atoms with Crippen molar-refractivity contribution in [2.24, 2.45) is 0 Å². The highest BCUT2D eigenvalue weighted by atomic mass is 19.4. The van der Waals surface area contributed by atoms with Gasteiger partial charge in [-0.15, -0.1) is 0 Å². The van der Waals surface area contributed by atoms with Gasteiger partial charge in [0.25, 0.3) is 0 Å². The molecule has 0 bridgehead atoms. The number of hydrogen-bond donors (Lipinski definition) is 1. The van der Waals surface area contributed by atoms with Crippen molar-refractivity contribution in [3.05, 3.63) is 30.1 Å². The second-order valence-electron chi connectivity index (χ2n) is 4.80. The molecule has 0 saturated carbocycles. The van der Waals surface area contributed by atoms with Crippen LogP contribution in [0.4, 0.5) is 13.2 Å². The SMILES string of the molecule is O[C@@H]([C@@H]1CCCN1CCc1ccccn1)C(F)(F)F. The molecule has 0 amide bonds. The van der Waals surface area contributed by atoms with Crippen LogP contribution in [0.3, 0.4) is 0 Å². The fourth-order valence-electron chi connectivity index (χ4n) is 2.51. The number of aliphatic hydroxyl groups excluding tert-OH is 1. The van der Waals surface area contributed by atoms with Crippen molar-refractivity contribution in [3.63, 3.8) is 0 Å². The molecule has 2 atom stereocenters. The summed E-state index contributed by atoms with van der Waals surface area (Å²) in [5, 5.41) is 9.37. The van der Waals surface area contributed by atoms with Gasteiger partial charge in [-0.3, -0.25) is 9.88 Å². The van der Waals surface area contributed by atoms with Gasteiger partial charge in [0.05, 0.1) is 0 Å². The van der Waals surface area contributed by atoms with Crippen LogP contribution in [-0.2, 0) is 6.42 Å². The molecule has 0 aliphatic carbocycles. The van der Waals surface area contributed by atoms with Gasteiger partial charge in [-0.2, -0.15) is 13.2 Å². The molecule has 3 nitrogen and oxygen atoms in total. The molecule has 2 rings (SSSR count). The first-order valence-corrected chi connectivity index (χ1v) is 6.37. The van der Waals surface area contributed by atoms with Crippen molar-refractivity contribution in [1.29, 1.82) is 0 Å². The molecule has 19 heavy (non-hydrogen) atoms. The van der Waals surface area contributed by atoms with Gasteiger partial charge >= 0.3 is 6.18 Å². The van der Waals surface area contributed by atoms with Crippen LogP contribution in [0.25, 0.3) is 0 Å². The Kier molecular flexibility index (Phi) is 4.42. The Labute approximate surface area is 110 Å². The number of rotatable bonds is 4. The highest BCUT2D eigenvalue weighted by Crippen LogP contribution is 2.30. The van der Waals surface area contributed by atoms with E-state index < -0.39 is 18.3 Å². The minimum atomic E-state index is -4.54. The van der Waals surface area contributed by atoms with Crippen LogP contribution >= 0.6 is 0 Å². The molecule has 1 fully saturated rings. The third kappa shape index (κ3) is 3.67. The summed E-state index contributed by atoms with van der Waals surface area (Å²) in [5.41, 5.74) is 0.856. The largest absolute Gasteiger partial charge is 0.415 e. The van der Waals surface area contributed by atoms with E-state index in [1.807, 2.05) is 12.1 Å². The molecule has 1 saturated heterocycles. The van der Waals surface area contributed by atoms with Crippen molar-refractivity contribution in [2.45, 2.75) is 37.6 Å². The first-order valence-electron chi connectivity index (χ1n) is 6.37. The summed E-state index contributed by atoms with van der Waals surface area (Å²) in [7, 11) is 0.